The van der Waals surface area contributed by atoms with Crippen LogP contribution in [0.3, 0.4) is 0 Å². The third kappa shape index (κ3) is 6.28. The Morgan fingerprint density at radius 2 is 1.75 bits per heavy atom. The molecule has 0 aliphatic heterocycles. The Kier molecular flexibility index (Phi) is 8.38. The van der Waals surface area contributed by atoms with Crippen molar-refractivity contribution in [3.8, 4) is 0 Å². The molecule has 3 fully saturated rings. The third-order valence-corrected chi connectivity index (χ3v) is 22.5. The summed E-state index contributed by atoms with van der Waals surface area (Å²) in [5.41, 5.74) is 2.36. The maximum atomic E-state index is 15.0. The molecule has 48 heavy (non-hydrogen) atoms. The molecule has 0 radical (unpaired) electrons. The van der Waals surface area contributed by atoms with Gasteiger partial charge in [-0.05, 0) is 153 Å². The van der Waals surface area contributed by atoms with E-state index in [0.717, 1.165) is 44.9 Å². The number of rotatable bonds is 11. The van der Waals surface area contributed by atoms with E-state index in [9.17, 15) is 1.37 Å². The summed E-state index contributed by atoms with van der Waals surface area (Å²) in [6, 6.07) is 6.49. The van der Waals surface area contributed by atoms with Crippen LogP contribution in [0.4, 0.5) is 0 Å². The van der Waals surface area contributed by atoms with Crippen molar-refractivity contribution in [2.24, 2.45) is 46.3 Å². The molecule has 9 atom stereocenters. The standard InChI is InChI=1S/C43H72O3SSi/c1-13-32-17-15-16-18-39(32)47(44,45)43(14-2,30(3)4)28-23-31(5)36-21-22-37-35-20-19-33-29-34(46-48(11,12)40(6,7)8)24-26-41(33,9)38(35)25-27-42(36,37)10/h15-19,30-31,34-38H,13-14,20-29H2,1-12H3/t31-,34+,35+,36-,37+,38+,41+,42-,43?/m1/s1/i3D3,4D3,30D. The molecular formula is C43H72O3SSi. The van der Waals surface area contributed by atoms with E-state index in [4.69, 9.17) is 12.7 Å². The van der Waals surface area contributed by atoms with E-state index in [1.807, 2.05) is 6.92 Å². The molecular weight excluding hydrogens is 625 g/mol. The Morgan fingerprint density at radius 1 is 1.04 bits per heavy atom. The fraction of sp³-hybridized carbons (Fsp3) is 0.814. The molecule has 1 unspecified atom stereocenters. The summed E-state index contributed by atoms with van der Waals surface area (Å²) in [6.07, 6.45) is 11.9. The number of hydrogen-bond donors (Lipinski definition) is 0. The molecule has 0 heterocycles. The maximum absolute atomic E-state index is 15.0. The molecule has 5 rings (SSSR count). The van der Waals surface area contributed by atoms with Crippen LogP contribution in [0.1, 0.15) is 155 Å². The van der Waals surface area contributed by atoms with Crippen molar-refractivity contribution in [1.29, 1.82) is 0 Å². The number of benzene rings is 1. The molecule has 0 N–H and O–H groups in total. The van der Waals surface area contributed by atoms with E-state index in [-0.39, 0.29) is 39.5 Å². The average Bonchev–Trinajstić information content (AvgIpc) is 3.44. The largest absolute Gasteiger partial charge is 0.414 e. The van der Waals surface area contributed by atoms with Crippen molar-refractivity contribution in [2.45, 2.75) is 180 Å². The highest BCUT2D eigenvalue weighted by Gasteiger charge is 2.59. The van der Waals surface area contributed by atoms with Gasteiger partial charge in [-0.1, -0.05) is 98.9 Å². The summed E-state index contributed by atoms with van der Waals surface area (Å²) < 4.78 is 95.1. The van der Waals surface area contributed by atoms with Crippen molar-refractivity contribution >= 4 is 18.2 Å². The monoisotopic (exact) mass is 704 g/mol. The first-order valence-corrected chi connectivity index (χ1v) is 23.7. The second kappa shape index (κ2) is 13.6. The van der Waals surface area contributed by atoms with Crippen molar-refractivity contribution in [3.05, 3.63) is 41.5 Å². The van der Waals surface area contributed by atoms with Crippen LogP contribution >= 0.6 is 0 Å². The minimum absolute atomic E-state index is 0.0275. The molecule has 1 aromatic rings. The Morgan fingerprint density at radius 3 is 2.40 bits per heavy atom. The molecule has 3 saturated carbocycles. The number of allylic oxidation sites excluding steroid dienone is 1. The van der Waals surface area contributed by atoms with Gasteiger partial charge in [0.15, 0.2) is 18.2 Å². The van der Waals surface area contributed by atoms with Crippen molar-refractivity contribution in [1.82, 2.24) is 0 Å². The molecule has 1 aromatic carbocycles. The minimum Gasteiger partial charge on any atom is -0.414 e. The Labute approximate surface area is 307 Å². The van der Waals surface area contributed by atoms with Gasteiger partial charge in [0, 0.05) is 15.7 Å². The number of aryl methyl sites for hydroxylation is 1. The van der Waals surface area contributed by atoms with Gasteiger partial charge in [0.05, 0.1) is 9.64 Å². The van der Waals surface area contributed by atoms with Gasteiger partial charge in [-0.25, -0.2) is 8.42 Å². The van der Waals surface area contributed by atoms with Gasteiger partial charge >= 0.3 is 0 Å². The number of fused-ring (bicyclic) bond motifs is 5. The average molecular weight is 704 g/mol. The van der Waals surface area contributed by atoms with E-state index in [1.165, 1.54) is 12.5 Å². The van der Waals surface area contributed by atoms with Crippen LogP contribution in [0.15, 0.2) is 40.8 Å². The van der Waals surface area contributed by atoms with Crippen LogP contribution in [-0.4, -0.2) is 27.6 Å². The van der Waals surface area contributed by atoms with Gasteiger partial charge in [-0.2, -0.15) is 0 Å². The second-order valence-corrected chi connectivity index (χ2v) is 25.4. The summed E-state index contributed by atoms with van der Waals surface area (Å²) in [5.74, 6) is -1.14. The van der Waals surface area contributed by atoms with Crippen LogP contribution in [0.25, 0.3) is 0 Å². The molecule has 4 aliphatic carbocycles. The highest BCUT2D eigenvalue weighted by Crippen LogP contribution is 2.67. The van der Waals surface area contributed by atoms with Crippen molar-refractivity contribution < 1.29 is 22.4 Å². The smallest absolute Gasteiger partial charge is 0.192 e. The lowest BCUT2D eigenvalue weighted by atomic mass is 9.47. The number of hydrogen-bond acceptors (Lipinski definition) is 3. The molecule has 0 bridgehead atoms. The Bertz CT molecular complexity index is 1680. The zero-order chi connectivity index (χ0) is 41.4. The lowest BCUT2D eigenvalue weighted by molar-refractivity contribution is -0.0566. The van der Waals surface area contributed by atoms with Gasteiger partial charge in [-0.15, -0.1) is 0 Å². The lowest BCUT2D eigenvalue weighted by Gasteiger charge is -2.59. The van der Waals surface area contributed by atoms with E-state index >= 15 is 8.42 Å². The van der Waals surface area contributed by atoms with Crippen molar-refractivity contribution in [2.75, 3.05) is 0 Å². The Hall–Kier alpha value is -0.913. The first-order chi connectivity index (χ1) is 25.1. The minimum atomic E-state index is -4.61. The Balaban J connectivity index is 1.43. The molecule has 0 aromatic heterocycles. The van der Waals surface area contributed by atoms with Crippen LogP contribution < -0.4 is 0 Å². The van der Waals surface area contributed by atoms with Gasteiger partial charge in [-0.3, -0.25) is 0 Å². The zero-order valence-electron chi connectivity index (χ0n) is 39.0. The maximum Gasteiger partial charge on any atom is 0.192 e. The zero-order valence-corrected chi connectivity index (χ0v) is 33.8. The first-order valence-electron chi connectivity index (χ1n) is 22.8. The normalized spacial score (nSPS) is 37.4. The molecule has 0 saturated heterocycles. The quantitative estimate of drug-likeness (QED) is 0.170. The lowest BCUT2D eigenvalue weighted by Crippen LogP contribution is -2.52. The first kappa shape index (κ1) is 29.6. The fourth-order valence-electron chi connectivity index (χ4n) is 11.2. The predicted octanol–water partition coefficient (Wildman–Crippen LogP) is 12.2. The van der Waals surface area contributed by atoms with Crippen LogP contribution in [0, 0.1) is 46.3 Å². The van der Waals surface area contributed by atoms with Gasteiger partial charge in [0.25, 0.3) is 0 Å². The summed E-state index contributed by atoms with van der Waals surface area (Å²) in [4.78, 5) is -0.0536. The summed E-state index contributed by atoms with van der Waals surface area (Å²) >= 11 is 0. The van der Waals surface area contributed by atoms with Gasteiger partial charge < -0.3 is 4.43 Å². The molecule has 4 aliphatic rings. The van der Waals surface area contributed by atoms with E-state index in [0.29, 0.717) is 48.2 Å². The molecule has 0 spiro atoms. The molecule has 0 amide bonds. The van der Waals surface area contributed by atoms with Crippen LogP contribution in [-0.2, 0) is 20.7 Å². The predicted molar refractivity (Wildman–Crippen MR) is 207 cm³/mol. The topological polar surface area (TPSA) is 43.4 Å². The summed E-state index contributed by atoms with van der Waals surface area (Å²) in [6.45, 7) is 15.4. The summed E-state index contributed by atoms with van der Waals surface area (Å²) in [7, 11) is -6.48. The molecule has 5 heteroatoms. The van der Waals surface area contributed by atoms with E-state index in [2.05, 4.69) is 60.7 Å². The van der Waals surface area contributed by atoms with Gasteiger partial charge in [0.1, 0.15) is 0 Å². The summed E-state index contributed by atoms with van der Waals surface area (Å²) in [5, 5.41) is 0.186. The van der Waals surface area contributed by atoms with E-state index in [1.54, 1.807) is 30.7 Å². The third-order valence-electron chi connectivity index (χ3n) is 15.3. The molecule has 272 valence electrons. The van der Waals surface area contributed by atoms with Crippen LogP contribution in [0.5, 0.6) is 0 Å². The SMILES string of the molecule is [2H]C([2H])([2H])C([2H])(C([2H])([2H])[2H])C(CC)(CC[C@@H](C)[C@H]1CC[C@H]2[C@@H]3CC=C4C[C@@H](O[Si](C)(C)C(C)(C)C)CC[C@]4(C)[C@H]3CC[C@]12C)S(=O)(=O)c1ccccc1CC. The van der Waals surface area contributed by atoms with E-state index < -0.39 is 42.5 Å². The number of sulfone groups is 1. The fourth-order valence-corrected chi connectivity index (χ4v) is 14.8. The van der Waals surface area contributed by atoms with Crippen LogP contribution in [0.2, 0.25) is 18.1 Å². The highest BCUT2D eigenvalue weighted by atomic mass is 32.2. The van der Waals surface area contributed by atoms with Gasteiger partial charge in [0.2, 0.25) is 0 Å². The second-order valence-electron chi connectivity index (χ2n) is 18.4. The van der Waals surface area contributed by atoms with Crippen molar-refractivity contribution in [3.63, 3.8) is 0 Å². The molecule has 3 nitrogen and oxygen atoms in total. The highest BCUT2D eigenvalue weighted by molar-refractivity contribution is 7.93.